The van der Waals surface area contributed by atoms with E-state index < -0.39 is 0 Å². The van der Waals surface area contributed by atoms with E-state index in [1.54, 1.807) is 29.9 Å². The predicted octanol–water partition coefficient (Wildman–Crippen LogP) is 4.80. The van der Waals surface area contributed by atoms with Crippen LogP contribution in [0.4, 0.5) is 15.6 Å². The number of hydrogen-bond donors (Lipinski definition) is 1. The van der Waals surface area contributed by atoms with Gasteiger partial charge in [-0.25, -0.2) is 9.78 Å². The van der Waals surface area contributed by atoms with Crippen LogP contribution in [0.1, 0.15) is 11.1 Å². The number of carbonyl (C=O) groups excluding carboxylic acids is 2. The second kappa shape index (κ2) is 11.6. The van der Waals surface area contributed by atoms with Gasteiger partial charge in [0.05, 0.1) is 15.9 Å². The van der Waals surface area contributed by atoms with Gasteiger partial charge in [0.1, 0.15) is 12.5 Å². The number of hydrogen-bond acceptors (Lipinski definition) is 5. The molecule has 0 aliphatic carbocycles. The quantitative estimate of drug-likeness (QED) is 0.400. The predicted molar refractivity (Wildman–Crippen MR) is 139 cm³/mol. The molecule has 0 unspecified atom stereocenters. The maximum atomic E-state index is 12.1. The van der Waals surface area contributed by atoms with Crippen molar-refractivity contribution in [3.63, 3.8) is 0 Å². The van der Waals surface area contributed by atoms with Gasteiger partial charge in [0.2, 0.25) is 5.91 Å². The number of anilines is 2. The molecule has 4 rings (SSSR count). The van der Waals surface area contributed by atoms with E-state index in [0.717, 1.165) is 27.0 Å². The number of aryl methyl sites for hydroxylation is 2. The van der Waals surface area contributed by atoms with Crippen molar-refractivity contribution in [3.8, 4) is 0 Å². The van der Waals surface area contributed by atoms with E-state index in [0.29, 0.717) is 11.8 Å². The minimum Gasteiger partial charge on any atom is -0.341 e. The minimum absolute atomic E-state index is 0.0466. The van der Waals surface area contributed by atoms with Crippen molar-refractivity contribution in [2.45, 2.75) is 20.5 Å². The molecular weight excluding hydrogens is 472 g/mol. The van der Waals surface area contributed by atoms with Gasteiger partial charge in [-0.3, -0.25) is 19.3 Å². The van der Waals surface area contributed by atoms with Crippen molar-refractivity contribution in [1.29, 1.82) is 0 Å². The number of alkyl halides is 1. The first-order valence-electron chi connectivity index (χ1n) is 10.6. The normalized spacial score (nSPS) is 10.4. The zero-order valence-electron chi connectivity index (χ0n) is 19.5. The summed E-state index contributed by atoms with van der Waals surface area (Å²) in [5, 5.41) is 7.40. The van der Waals surface area contributed by atoms with Gasteiger partial charge in [0, 0.05) is 26.5 Å². The van der Waals surface area contributed by atoms with Crippen LogP contribution in [0.5, 0.6) is 0 Å². The lowest BCUT2D eigenvalue weighted by Crippen LogP contribution is -2.35. The fourth-order valence-electron chi connectivity index (χ4n) is 3.36. The molecule has 0 saturated carbocycles. The number of rotatable bonds is 5. The Labute approximate surface area is 207 Å². The average Bonchev–Trinajstić information content (AvgIpc) is 3.52. The molecule has 0 radical (unpaired) electrons. The van der Waals surface area contributed by atoms with E-state index in [1.807, 2.05) is 68.6 Å². The molecule has 3 amide bonds. The molecular formula is C24H27ClN6O2S. The molecule has 8 nitrogen and oxygen atoms in total. The highest BCUT2D eigenvalue weighted by Crippen LogP contribution is 2.28. The first-order valence-corrected chi connectivity index (χ1v) is 11.9. The lowest BCUT2D eigenvalue weighted by Gasteiger charge is -2.25. The van der Waals surface area contributed by atoms with E-state index >= 15 is 0 Å². The smallest absolute Gasteiger partial charge is 0.323 e. The summed E-state index contributed by atoms with van der Waals surface area (Å²) in [4.78, 5) is 31.0. The van der Waals surface area contributed by atoms with E-state index in [2.05, 4.69) is 15.4 Å². The number of amides is 3. The van der Waals surface area contributed by atoms with Gasteiger partial charge in [-0.1, -0.05) is 41.7 Å². The molecule has 0 atom stereocenters. The molecule has 10 heteroatoms. The van der Waals surface area contributed by atoms with E-state index in [9.17, 15) is 9.59 Å². The Balaban J connectivity index is 0.000000196. The Morgan fingerprint density at radius 1 is 1.09 bits per heavy atom. The zero-order chi connectivity index (χ0) is 24.7. The van der Waals surface area contributed by atoms with Crippen LogP contribution in [0, 0.1) is 13.8 Å². The van der Waals surface area contributed by atoms with Crippen molar-refractivity contribution in [2.24, 2.45) is 0 Å². The Kier molecular flexibility index (Phi) is 8.61. The van der Waals surface area contributed by atoms with Crippen LogP contribution >= 0.6 is 22.9 Å². The number of nitrogens with one attached hydrogen (secondary N) is 1. The second-order valence-electron chi connectivity index (χ2n) is 7.46. The molecule has 0 spiro atoms. The van der Waals surface area contributed by atoms with Gasteiger partial charge in [-0.05, 0) is 43.2 Å². The fourth-order valence-corrected chi connectivity index (χ4v) is 4.43. The number of halogens is 1. The molecule has 0 bridgehead atoms. The van der Waals surface area contributed by atoms with E-state index in [4.69, 9.17) is 11.6 Å². The monoisotopic (exact) mass is 498 g/mol. The Morgan fingerprint density at radius 2 is 1.79 bits per heavy atom. The van der Waals surface area contributed by atoms with Crippen molar-refractivity contribution in [1.82, 2.24) is 20.1 Å². The highest BCUT2D eigenvalue weighted by atomic mass is 35.5. The van der Waals surface area contributed by atoms with Gasteiger partial charge in [-0.2, -0.15) is 5.10 Å². The summed E-state index contributed by atoms with van der Waals surface area (Å²) in [5.74, 6) is -0.177. The summed E-state index contributed by atoms with van der Waals surface area (Å²) < 4.78 is 2.79. The summed E-state index contributed by atoms with van der Waals surface area (Å²) in [5.41, 5.74) is 3.92. The number of urea groups is 1. The van der Waals surface area contributed by atoms with Gasteiger partial charge < -0.3 is 5.32 Å². The second-order valence-corrected chi connectivity index (χ2v) is 8.74. The van der Waals surface area contributed by atoms with Crippen LogP contribution in [0.25, 0.3) is 10.2 Å². The van der Waals surface area contributed by atoms with E-state index in [-0.39, 0.29) is 17.8 Å². The maximum Gasteiger partial charge on any atom is 0.323 e. The number of aromatic nitrogens is 3. The molecule has 178 valence electrons. The third-order valence-electron chi connectivity index (χ3n) is 5.06. The summed E-state index contributed by atoms with van der Waals surface area (Å²) in [6, 6.07) is 15.4. The highest BCUT2D eigenvalue weighted by Gasteiger charge is 2.19. The van der Waals surface area contributed by atoms with Gasteiger partial charge in [0.15, 0.2) is 5.13 Å². The topological polar surface area (TPSA) is 83.4 Å². The number of carbonyl (C=O) groups is 2. The molecule has 0 fully saturated rings. The van der Waals surface area contributed by atoms with E-state index in [1.165, 1.54) is 16.2 Å². The van der Waals surface area contributed by atoms with Crippen molar-refractivity contribution < 1.29 is 9.59 Å². The summed E-state index contributed by atoms with van der Waals surface area (Å²) in [6.07, 6.45) is 3.51. The highest BCUT2D eigenvalue weighted by molar-refractivity contribution is 7.22. The number of para-hydroxylation sites is 2. The maximum absolute atomic E-state index is 12.1. The molecule has 2 heterocycles. The van der Waals surface area contributed by atoms with Crippen LogP contribution in [-0.2, 0) is 11.5 Å². The number of thiazole rings is 1. The summed E-state index contributed by atoms with van der Waals surface area (Å²) in [6.45, 7) is 4.34. The fraction of sp³-hybridized carbons (Fsp3) is 0.250. The zero-order valence-corrected chi connectivity index (χ0v) is 21.1. The summed E-state index contributed by atoms with van der Waals surface area (Å²) in [7, 11) is 3.31. The summed E-state index contributed by atoms with van der Waals surface area (Å²) >= 11 is 7.22. The Morgan fingerprint density at radius 3 is 2.38 bits per heavy atom. The standard InChI is InChI=1S/C14H16ClN3O.C10H11N3OS/c1-11-5-3-6-12(2)14(11)18(13(19)9-15)10-17-8-4-7-16-17;1-11-9(14)13(2)10-12-7-5-3-4-6-8(7)15-10/h3-8H,9-10H2,1-2H3;3-6H,1-2H3,(H,11,14). The first kappa shape index (κ1) is 25.2. The largest absolute Gasteiger partial charge is 0.341 e. The molecule has 0 saturated heterocycles. The molecule has 34 heavy (non-hydrogen) atoms. The molecule has 0 aliphatic heterocycles. The van der Waals surface area contributed by atoms with Crippen LogP contribution in [0.3, 0.4) is 0 Å². The van der Waals surface area contributed by atoms with Crippen molar-refractivity contribution in [3.05, 3.63) is 72.1 Å². The minimum atomic E-state index is -0.158. The van der Waals surface area contributed by atoms with Crippen molar-refractivity contribution >= 4 is 55.9 Å². The average molecular weight is 499 g/mol. The van der Waals surface area contributed by atoms with Gasteiger partial charge >= 0.3 is 6.03 Å². The molecule has 0 aliphatic rings. The van der Waals surface area contributed by atoms with Gasteiger partial charge in [0.25, 0.3) is 0 Å². The SMILES string of the molecule is CNC(=O)N(C)c1nc2ccccc2s1.Cc1cccc(C)c1N(Cn1cccn1)C(=O)CCl. The number of fused-ring (bicyclic) bond motifs is 1. The Bertz CT molecular complexity index is 1200. The lowest BCUT2D eigenvalue weighted by molar-refractivity contribution is -0.116. The lowest BCUT2D eigenvalue weighted by atomic mass is 10.1. The van der Waals surface area contributed by atoms with Crippen LogP contribution < -0.4 is 15.1 Å². The van der Waals surface area contributed by atoms with Crippen LogP contribution in [0.2, 0.25) is 0 Å². The molecule has 2 aromatic carbocycles. The van der Waals surface area contributed by atoms with Crippen LogP contribution in [0.15, 0.2) is 60.9 Å². The molecule has 1 N–H and O–H groups in total. The number of nitrogens with zero attached hydrogens (tertiary/aromatic N) is 5. The van der Waals surface area contributed by atoms with Gasteiger partial charge in [-0.15, -0.1) is 11.6 Å². The third-order valence-corrected chi connectivity index (χ3v) is 6.40. The Hall–Kier alpha value is -3.43. The molecule has 4 aromatic rings. The molecule has 2 aromatic heterocycles. The third kappa shape index (κ3) is 5.92. The van der Waals surface area contributed by atoms with Crippen LogP contribution in [-0.4, -0.2) is 46.7 Å². The van der Waals surface area contributed by atoms with Crippen molar-refractivity contribution in [2.75, 3.05) is 29.8 Å². The number of benzene rings is 2. The first-order chi connectivity index (χ1) is 16.3.